The van der Waals surface area contributed by atoms with Crippen LogP contribution in [0, 0.1) is 11.8 Å². The van der Waals surface area contributed by atoms with Crippen LogP contribution in [0.15, 0.2) is 6.07 Å². The number of carbonyl (C=O) groups excluding carboxylic acids is 1. The molecule has 4 heteroatoms. The number of carbonyl (C=O) groups is 1. The van der Waals surface area contributed by atoms with Crippen molar-refractivity contribution in [2.75, 3.05) is 0 Å². The number of aromatic nitrogens is 2. The zero-order valence-corrected chi connectivity index (χ0v) is 13.3. The predicted octanol–water partition coefficient (Wildman–Crippen LogP) is 3.16. The van der Waals surface area contributed by atoms with Gasteiger partial charge in [-0.15, -0.1) is 0 Å². The van der Waals surface area contributed by atoms with Crippen molar-refractivity contribution in [3.8, 4) is 0 Å². The molecular formula is C17H27N3O. The molecule has 0 atom stereocenters. The van der Waals surface area contributed by atoms with Crippen molar-refractivity contribution in [2.45, 2.75) is 71.4 Å². The summed E-state index contributed by atoms with van der Waals surface area (Å²) in [6.07, 6.45) is 8.15. The van der Waals surface area contributed by atoms with Crippen LogP contribution in [0.1, 0.15) is 68.6 Å². The van der Waals surface area contributed by atoms with Gasteiger partial charge < -0.3 is 5.32 Å². The molecule has 2 heterocycles. The molecule has 0 spiro atoms. The van der Waals surface area contributed by atoms with Gasteiger partial charge in [0.25, 0.3) is 5.91 Å². The van der Waals surface area contributed by atoms with E-state index in [0.29, 0.717) is 11.7 Å². The highest BCUT2D eigenvalue weighted by atomic mass is 16.2. The fourth-order valence-corrected chi connectivity index (χ4v) is 3.72. The Morgan fingerprint density at radius 3 is 2.71 bits per heavy atom. The first kappa shape index (κ1) is 14.6. The summed E-state index contributed by atoms with van der Waals surface area (Å²) < 4.78 is 2.01. The molecule has 2 aliphatic rings. The molecule has 1 aromatic rings. The van der Waals surface area contributed by atoms with Crippen LogP contribution in [-0.2, 0) is 13.0 Å². The van der Waals surface area contributed by atoms with E-state index in [1.54, 1.807) is 0 Å². The zero-order chi connectivity index (χ0) is 14.8. The van der Waals surface area contributed by atoms with Gasteiger partial charge >= 0.3 is 0 Å². The first-order chi connectivity index (χ1) is 10.1. The second kappa shape index (κ2) is 6.20. The second-order valence-corrected chi connectivity index (χ2v) is 7.03. The zero-order valence-electron chi connectivity index (χ0n) is 13.3. The first-order valence-electron chi connectivity index (χ1n) is 8.51. The van der Waals surface area contributed by atoms with Gasteiger partial charge in [0.05, 0.1) is 0 Å². The number of aryl methyl sites for hydroxylation is 2. The third-order valence-corrected chi connectivity index (χ3v) is 5.20. The van der Waals surface area contributed by atoms with Crippen molar-refractivity contribution < 1.29 is 4.79 Å². The van der Waals surface area contributed by atoms with Crippen LogP contribution < -0.4 is 5.32 Å². The normalized spacial score (nSPS) is 25.7. The predicted molar refractivity (Wildman–Crippen MR) is 83.2 cm³/mol. The van der Waals surface area contributed by atoms with Gasteiger partial charge in [-0.1, -0.05) is 13.8 Å². The highest BCUT2D eigenvalue weighted by molar-refractivity contribution is 5.92. The summed E-state index contributed by atoms with van der Waals surface area (Å²) in [5, 5.41) is 7.65. The van der Waals surface area contributed by atoms with Crippen LogP contribution in [0.4, 0.5) is 0 Å². The number of amides is 1. The maximum absolute atomic E-state index is 12.4. The summed E-state index contributed by atoms with van der Waals surface area (Å²) in [5.74, 6) is 1.62. The third-order valence-electron chi connectivity index (χ3n) is 5.20. The van der Waals surface area contributed by atoms with Crippen molar-refractivity contribution in [1.29, 1.82) is 0 Å². The lowest BCUT2D eigenvalue weighted by Gasteiger charge is -2.31. The molecule has 1 N–H and O–H groups in total. The lowest BCUT2D eigenvalue weighted by molar-refractivity contribution is 0.0912. The van der Waals surface area contributed by atoms with Gasteiger partial charge in [0.1, 0.15) is 5.69 Å². The van der Waals surface area contributed by atoms with E-state index in [0.717, 1.165) is 37.6 Å². The minimum Gasteiger partial charge on any atom is -0.348 e. The molecule has 4 nitrogen and oxygen atoms in total. The maximum atomic E-state index is 12.4. The van der Waals surface area contributed by atoms with Gasteiger partial charge in [0, 0.05) is 18.3 Å². The molecule has 0 radical (unpaired) electrons. The first-order valence-corrected chi connectivity index (χ1v) is 8.51. The molecule has 1 saturated carbocycles. The highest BCUT2D eigenvalue weighted by Crippen LogP contribution is 2.30. The average molecular weight is 289 g/mol. The number of fused-ring (bicyclic) bond motifs is 1. The molecule has 0 unspecified atom stereocenters. The third kappa shape index (κ3) is 3.30. The number of hydrogen-bond acceptors (Lipinski definition) is 2. The highest BCUT2D eigenvalue weighted by Gasteiger charge is 2.25. The largest absolute Gasteiger partial charge is 0.348 e. The Morgan fingerprint density at radius 2 is 2.05 bits per heavy atom. The number of nitrogens with zero attached hydrogens (tertiary/aromatic N) is 2. The smallest absolute Gasteiger partial charge is 0.272 e. The fourth-order valence-electron chi connectivity index (χ4n) is 3.72. The van der Waals surface area contributed by atoms with Crippen molar-refractivity contribution in [1.82, 2.24) is 15.1 Å². The Hall–Kier alpha value is -1.32. The molecule has 116 valence electrons. The van der Waals surface area contributed by atoms with Gasteiger partial charge in [-0.3, -0.25) is 9.48 Å². The van der Waals surface area contributed by atoms with E-state index in [-0.39, 0.29) is 5.91 Å². The van der Waals surface area contributed by atoms with E-state index in [2.05, 4.69) is 24.3 Å². The average Bonchev–Trinajstić information content (AvgIpc) is 2.92. The van der Waals surface area contributed by atoms with Crippen LogP contribution in [0.5, 0.6) is 0 Å². The molecule has 0 saturated heterocycles. The minimum atomic E-state index is 0.0184. The fraction of sp³-hybridized carbons (Fsp3) is 0.765. The summed E-state index contributed by atoms with van der Waals surface area (Å²) in [5.41, 5.74) is 1.83. The van der Waals surface area contributed by atoms with Gasteiger partial charge in [-0.25, -0.2) is 0 Å². The quantitative estimate of drug-likeness (QED) is 0.929. The summed E-state index contributed by atoms with van der Waals surface area (Å²) in [7, 11) is 0. The van der Waals surface area contributed by atoms with Gasteiger partial charge in [0.15, 0.2) is 0 Å². The SMILES string of the molecule is CC(C)C1CCC(NC(=O)c2cc3n(n2)CCCC3)CC1. The van der Waals surface area contributed by atoms with Crippen molar-refractivity contribution in [2.24, 2.45) is 11.8 Å². The Labute approximate surface area is 127 Å². The molecule has 1 aliphatic carbocycles. The molecule has 1 aliphatic heterocycles. The number of hydrogen-bond donors (Lipinski definition) is 1. The summed E-state index contributed by atoms with van der Waals surface area (Å²) >= 11 is 0. The Kier molecular flexibility index (Phi) is 4.32. The molecule has 0 bridgehead atoms. The van der Waals surface area contributed by atoms with Crippen LogP contribution in [-0.4, -0.2) is 21.7 Å². The Bertz CT molecular complexity index is 475. The van der Waals surface area contributed by atoms with E-state index < -0.39 is 0 Å². The van der Waals surface area contributed by atoms with Crippen LogP contribution in [0.25, 0.3) is 0 Å². The van der Waals surface area contributed by atoms with E-state index in [9.17, 15) is 4.79 Å². The van der Waals surface area contributed by atoms with E-state index in [4.69, 9.17) is 0 Å². The minimum absolute atomic E-state index is 0.0184. The standard InChI is InChI=1S/C17H27N3O/c1-12(2)13-6-8-14(9-7-13)18-17(21)16-11-15-5-3-4-10-20(15)19-16/h11-14H,3-10H2,1-2H3,(H,18,21). The van der Waals surface area contributed by atoms with Crippen LogP contribution in [0.3, 0.4) is 0 Å². The monoisotopic (exact) mass is 289 g/mol. The van der Waals surface area contributed by atoms with Crippen LogP contribution >= 0.6 is 0 Å². The Morgan fingerprint density at radius 1 is 1.29 bits per heavy atom. The summed E-state index contributed by atoms with van der Waals surface area (Å²) in [6, 6.07) is 2.32. The van der Waals surface area contributed by atoms with Crippen molar-refractivity contribution >= 4 is 5.91 Å². The second-order valence-electron chi connectivity index (χ2n) is 7.03. The molecule has 1 aromatic heterocycles. The van der Waals surface area contributed by atoms with Crippen LogP contribution in [0.2, 0.25) is 0 Å². The molecule has 1 amide bonds. The summed E-state index contributed by atoms with van der Waals surface area (Å²) in [4.78, 5) is 12.4. The Balaban J connectivity index is 1.56. The summed E-state index contributed by atoms with van der Waals surface area (Å²) in [6.45, 7) is 5.57. The number of nitrogens with one attached hydrogen (secondary N) is 1. The van der Waals surface area contributed by atoms with E-state index >= 15 is 0 Å². The number of rotatable bonds is 3. The van der Waals surface area contributed by atoms with Crippen molar-refractivity contribution in [3.05, 3.63) is 17.5 Å². The van der Waals surface area contributed by atoms with E-state index in [1.165, 1.54) is 31.4 Å². The topological polar surface area (TPSA) is 46.9 Å². The van der Waals surface area contributed by atoms with Gasteiger partial charge in [-0.2, -0.15) is 5.10 Å². The maximum Gasteiger partial charge on any atom is 0.272 e. The molecule has 3 rings (SSSR count). The lowest BCUT2D eigenvalue weighted by Crippen LogP contribution is -2.38. The van der Waals surface area contributed by atoms with Crippen molar-refractivity contribution in [3.63, 3.8) is 0 Å². The van der Waals surface area contributed by atoms with Gasteiger partial charge in [0.2, 0.25) is 0 Å². The molecule has 21 heavy (non-hydrogen) atoms. The van der Waals surface area contributed by atoms with Gasteiger partial charge in [-0.05, 0) is 62.8 Å². The van der Waals surface area contributed by atoms with E-state index in [1.807, 2.05) is 10.7 Å². The molecule has 0 aromatic carbocycles. The molecule has 1 fully saturated rings. The molecular weight excluding hydrogens is 262 g/mol. The lowest BCUT2D eigenvalue weighted by atomic mass is 9.80.